The molecule has 1 aliphatic heterocycles. The largest absolute Gasteiger partial charge is 0.493 e. The number of methoxy groups -OCH3 is 2. The molecule has 0 N–H and O–H groups in total. The molecule has 0 spiro atoms. The van der Waals surface area contributed by atoms with Gasteiger partial charge in [-0.3, -0.25) is 4.79 Å². The molecular formula is C20H22ClNO4. The normalized spacial score (nSPS) is 17.0. The number of carbonyl (C=O) groups excluding carboxylic acids is 1. The summed E-state index contributed by atoms with van der Waals surface area (Å²) in [7, 11) is 3.18. The van der Waals surface area contributed by atoms with E-state index in [1.54, 1.807) is 14.2 Å². The Labute approximate surface area is 158 Å². The number of benzene rings is 2. The van der Waals surface area contributed by atoms with E-state index in [0.29, 0.717) is 42.6 Å². The molecule has 0 aliphatic carbocycles. The zero-order valence-electron chi connectivity index (χ0n) is 14.9. The second kappa shape index (κ2) is 8.43. The molecule has 138 valence electrons. The van der Waals surface area contributed by atoms with Crippen molar-refractivity contribution in [3.63, 3.8) is 0 Å². The van der Waals surface area contributed by atoms with Gasteiger partial charge in [0.25, 0.3) is 0 Å². The predicted octanol–water partition coefficient (Wildman–Crippen LogP) is 3.50. The summed E-state index contributed by atoms with van der Waals surface area (Å²) in [5.41, 5.74) is 1.92. The van der Waals surface area contributed by atoms with Crippen molar-refractivity contribution in [2.75, 3.05) is 33.9 Å². The van der Waals surface area contributed by atoms with Crippen molar-refractivity contribution in [1.82, 2.24) is 4.90 Å². The minimum Gasteiger partial charge on any atom is -0.493 e. The van der Waals surface area contributed by atoms with Gasteiger partial charge in [-0.1, -0.05) is 29.8 Å². The van der Waals surface area contributed by atoms with E-state index in [0.717, 1.165) is 11.1 Å². The highest BCUT2D eigenvalue weighted by atomic mass is 35.5. The van der Waals surface area contributed by atoms with Crippen LogP contribution in [0.25, 0.3) is 0 Å². The Morgan fingerprint density at radius 2 is 1.88 bits per heavy atom. The second-order valence-corrected chi connectivity index (χ2v) is 6.55. The zero-order valence-corrected chi connectivity index (χ0v) is 15.7. The highest BCUT2D eigenvalue weighted by molar-refractivity contribution is 6.30. The molecular weight excluding hydrogens is 354 g/mol. The first-order valence-electron chi connectivity index (χ1n) is 8.46. The number of rotatable bonds is 5. The molecule has 0 radical (unpaired) electrons. The van der Waals surface area contributed by atoms with Crippen molar-refractivity contribution in [3.8, 4) is 11.5 Å². The lowest BCUT2D eigenvalue weighted by molar-refractivity contribution is -0.138. The Balaban J connectivity index is 1.66. The minimum atomic E-state index is -0.129. The molecule has 2 aromatic rings. The highest BCUT2D eigenvalue weighted by Crippen LogP contribution is 2.28. The molecule has 1 heterocycles. The van der Waals surface area contributed by atoms with Gasteiger partial charge in [0.15, 0.2) is 11.5 Å². The molecule has 26 heavy (non-hydrogen) atoms. The molecule has 1 amide bonds. The van der Waals surface area contributed by atoms with Crippen molar-refractivity contribution < 1.29 is 19.0 Å². The lowest BCUT2D eigenvalue weighted by Crippen LogP contribution is -2.42. The molecule has 0 aromatic heterocycles. The summed E-state index contributed by atoms with van der Waals surface area (Å²) < 4.78 is 16.4. The van der Waals surface area contributed by atoms with Gasteiger partial charge in [0, 0.05) is 11.6 Å². The van der Waals surface area contributed by atoms with Crippen molar-refractivity contribution in [1.29, 1.82) is 0 Å². The van der Waals surface area contributed by atoms with Crippen LogP contribution in [-0.4, -0.2) is 44.7 Å². The van der Waals surface area contributed by atoms with E-state index in [2.05, 4.69) is 0 Å². The van der Waals surface area contributed by atoms with Gasteiger partial charge in [-0.05, 0) is 35.4 Å². The summed E-state index contributed by atoms with van der Waals surface area (Å²) in [5, 5.41) is 0.686. The fourth-order valence-electron chi connectivity index (χ4n) is 3.03. The maximum Gasteiger partial charge on any atom is 0.227 e. The fourth-order valence-corrected chi connectivity index (χ4v) is 3.16. The number of morpholine rings is 1. The topological polar surface area (TPSA) is 48.0 Å². The SMILES string of the molecule is COc1ccc(CC(=O)N2CCOC(c3ccc(Cl)cc3)C2)cc1OC. The van der Waals surface area contributed by atoms with Crippen molar-refractivity contribution in [3.05, 3.63) is 58.6 Å². The monoisotopic (exact) mass is 375 g/mol. The van der Waals surface area contributed by atoms with Crippen molar-refractivity contribution >= 4 is 17.5 Å². The molecule has 0 saturated carbocycles. The van der Waals surface area contributed by atoms with Gasteiger partial charge < -0.3 is 19.1 Å². The molecule has 2 aromatic carbocycles. The molecule has 1 unspecified atom stereocenters. The van der Waals surface area contributed by atoms with Gasteiger partial charge in [0.2, 0.25) is 5.91 Å². The third-order valence-electron chi connectivity index (χ3n) is 4.46. The van der Waals surface area contributed by atoms with E-state index < -0.39 is 0 Å². The predicted molar refractivity (Wildman–Crippen MR) is 100.0 cm³/mol. The van der Waals surface area contributed by atoms with Gasteiger partial charge in [0.1, 0.15) is 6.10 Å². The van der Waals surface area contributed by atoms with E-state index >= 15 is 0 Å². The highest BCUT2D eigenvalue weighted by Gasteiger charge is 2.25. The average Bonchev–Trinajstić information content (AvgIpc) is 2.68. The van der Waals surface area contributed by atoms with Crippen LogP contribution in [0.4, 0.5) is 0 Å². The van der Waals surface area contributed by atoms with Gasteiger partial charge >= 0.3 is 0 Å². The van der Waals surface area contributed by atoms with Crippen molar-refractivity contribution in [2.45, 2.75) is 12.5 Å². The maximum absolute atomic E-state index is 12.7. The summed E-state index contributed by atoms with van der Waals surface area (Å²) in [6.45, 7) is 1.65. The van der Waals surface area contributed by atoms with Crippen LogP contribution in [0.15, 0.2) is 42.5 Å². The first-order chi connectivity index (χ1) is 12.6. The third-order valence-corrected chi connectivity index (χ3v) is 4.72. The van der Waals surface area contributed by atoms with Gasteiger partial charge in [-0.25, -0.2) is 0 Å². The number of nitrogens with zero attached hydrogens (tertiary/aromatic N) is 1. The standard InChI is InChI=1S/C20H22ClNO4/c1-24-17-8-3-14(11-18(17)25-2)12-20(23)22-9-10-26-19(13-22)15-4-6-16(21)7-5-15/h3-8,11,19H,9-10,12-13H2,1-2H3. The Kier molecular flexibility index (Phi) is 6.01. The van der Waals surface area contributed by atoms with Crippen LogP contribution in [0.5, 0.6) is 11.5 Å². The molecule has 0 bridgehead atoms. The van der Waals surface area contributed by atoms with Gasteiger partial charge in [-0.15, -0.1) is 0 Å². The summed E-state index contributed by atoms with van der Waals surface area (Å²) >= 11 is 5.94. The zero-order chi connectivity index (χ0) is 18.5. The van der Waals surface area contributed by atoms with Gasteiger partial charge in [-0.2, -0.15) is 0 Å². The number of ether oxygens (including phenoxy) is 3. The number of hydrogen-bond donors (Lipinski definition) is 0. The van der Waals surface area contributed by atoms with Gasteiger partial charge in [0.05, 0.1) is 33.8 Å². The molecule has 5 nitrogen and oxygen atoms in total. The third kappa shape index (κ3) is 4.29. The van der Waals surface area contributed by atoms with Crippen LogP contribution in [0, 0.1) is 0 Å². The first kappa shape index (κ1) is 18.5. The molecule has 1 aliphatic rings. The van der Waals surface area contributed by atoms with Crippen molar-refractivity contribution in [2.24, 2.45) is 0 Å². The summed E-state index contributed by atoms with van der Waals surface area (Å²) in [5.74, 6) is 1.34. The number of hydrogen-bond acceptors (Lipinski definition) is 4. The summed E-state index contributed by atoms with van der Waals surface area (Å²) in [4.78, 5) is 14.6. The number of amides is 1. The second-order valence-electron chi connectivity index (χ2n) is 6.12. The molecule has 1 fully saturated rings. The van der Waals surface area contributed by atoms with E-state index in [9.17, 15) is 4.79 Å². The summed E-state index contributed by atoms with van der Waals surface area (Å²) in [6.07, 6.45) is 0.184. The quantitative estimate of drug-likeness (QED) is 0.802. The molecule has 1 atom stereocenters. The van der Waals surface area contributed by atoms with Crippen LogP contribution < -0.4 is 9.47 Å². The Morgan fingerprint density at radius 1 is 1.15 bits per heavy atom. The number of carbonyl (C=O) groups is 1. The van der Waals surface area contributed by atoms with E-state index in [1.807, 2.05) is 47.4 Å². The first-order valence-corrected chi connectivity index (χ1v) is 8.84. The van der Waals surface area contributed by atoms with E-state index in [-0.39, 0.29) is 12.0 Å². The smallest absolute Gasteiger partial charge is 0.227 e. The Morgan fingerprint density at radius 3 is 2.58 bits per heavy atom. The van der Waals surface area contributed by atoms with E-state index in [1.165, 1.54) is 0 Å². The average molecular weight is 376 g/mol. The van der Waals surface area contributed by atoms with Crippen LogP contribution >= 0.6 is 11.6 Å². The molecule has 1 saturated heterocycles. The minimum absolute atomic E-state index is 0.0690. The van der Waals surface area contributed by atoms with Crippen LogP contribution in [0.2, 0.25) is 5.02 Å². The molecule has 3 rings (SSSR count). The van der Waals surface area contributed by atoms with Crippen LogP contribution in [0.1, 0.15) is 17.2 Å². The number of halogens is 1. The maximum atomic E-state index is 12.7. The lowest BCUT2D eigenvalue weighted by Gasteiger charge is -2.33. The van der Waals surface area contributed by atoms with E-state index in [4.69, 9.17) is 25.8 Å². The van der Waals surface area contributed by atoms with Crippen LogP contribution in [-0.2, 0) is 16.0 Å². The van der Waals surface area contributed by atoms with Crippen LogP contribution in [0.3, 0.4) is 0 Å². The lowest BCUT2D eigenvalue weighted by atomic mass is 10.1. The summed E-state index contributed by atoms with van der Waals surface area (Å²) in [6, 6.07) is 13.1. The Hall–Kier alpha value is -2.24. The molecule has 6 heteroatoms. The fraction of sp³-hybridized carbons (Fsp3) is 0.350. The Bertz CT molecular complexity index is 763.